The molecule has 6 rings (SSSR count). The molecule has 12 nitrogen and oxygen atoms in total. The number of aromatic nitrogens is 6. The minimum Gasteiger partial charge on any atom is -0.431 e. The van der Waals surface area contributed by atoms with E-state index in [0.717, 1.165) is 54.4 Å². The van der Waals surface area contributed by atoms with Gasteiger partial charge in [-0.25, -0.2) is 14.4 Å². The van der Waals surface area contributed by atoms with Crippen LogP contribution in [0.3, 0.4) is 0 Å². The van der Waals surface area contributed by atoms with E-state index < -0.39 is 18.4 Å². The van der Waals surface area contributed by atoms with Crippen molar-refractivity contribution in [3.05, 3.63) is 88.3 Å². The Bertz CT molecular complexity index is 1870. The third-order valence-electron chi connectivity index (χ3n) is 7.87. The second-order valence-corrected chi connectivity index (χ2v) is 11.0. The molecule has 1 aliphatic rings. The van der Waals surface area contributed by atoms with Gasteiger partial charge in [0.15, 0.2) is 0 Å². The van der Waals surface area contributed by atoms with E-state index >= 15 is 0 Å². The number of para-hydroxylation sites is 1. The van der Waals surface area contributed by atoms with Crippen molar-refractivity contribution in [1.82, 2.24) is 29.8 Å². The molecule has 45 heavy (non-hydrogen) atoms. The number of aromatic amines is 1. The summed E-state index contributed by atoms with van der Waals surface area (Å²) in [5.74, 6) is -0.186. The Morgan fingerprint density at radius 1 is 0.956 bits per heavy atom. The Hall–Kier alpha value is -5.26. The first kappa shape index (κ1) is 29.8. The van der Waals surface area contributed by atoms with Crippen molar-refractivity contribution in [3.8, 4) is 22.5 Å². The van der Waals surface area contributed by atoms with E-state index in [-0.39, 0.29) is 23.9 Å². The van der Waals surface area contributed by atoms with Crippen molar-refractivity contribution >= 4 is 23.2 Å². The number of fused-ring (bicyclic) bond motifs is 1. The summed E-state index contributed by atoms with van der Waals surface area (Å²) in [5, 5.41) is 12.7. The Labute approximate surface area is 258 Å². The third-order valence-corrected chi connectivity index (χ3v) is 7.87. The highest BCUT2D eigenvalue weighted by atomic mass is 16.8. The number of tetrazole rings is 1. The van der Waals surface area contributed by atoms with Gasteiger partial charge in [-0.2, -0.15) is 4.80 Å². The third kappa shape index (κ3) is 6.64. The van der Waals surface area contributed by atoms with E-state index in [1.807, 2.05) is 55.5 Å². The van der Waals surface area contributed by atoms with Crippen LogP contribution in [0.25, 0.3) is 33.5 Å². The Kier molecular flexibility index (Phi) is 8.72. The zero-order chi connectivity index (χ0) is 31.3. The van der Waals surface area contributed by atoms with E-state index in [2.05, 4.69) is 20.4 Å². The lowest BCUT2D eigenvalue weighted by Gasteiger charge is -2.22. The van der Waals surface area contributed by atoms with E-state index in [0.29, 0.717) is 23.4 Å². The highest BCUT2D eigenvalue weighted by molar-refractivity contribution is 6.02. The zero-order valence-electron chi connectivity index (χ0n) is 25.1. The molecule has 1 atom stereocenters. The first-order valence-corrected chi connectivity index (χ1v) is 15.2. The van der Waals surface area contributed by atoms with Crippen LogP contribution in [0.4, 0.5) is 4.79 Å². The van der Waals surface area contributed by atoms with E-state index in [9.17, 15) is 14.4 Å². The van der Waals surface area contributed by atoms with Crippen LogP contribution in [0, 0.1) is 0 Å². The van der Waals surface area contributed by atoms with Gasteiger partial charge in [0.2, 0.25) is 12.1 Å². The topological polar surface area (TPSA) is 143 Å². The lowest BCUT2D eigenvalue weighted by molar-refractivity contribution is -0.0914. The Morgan fingerprint density at radius 2 is 1.71 bits per heavy atom. The Balaban J connectivity index is 1.19. The molecule has 5 aromatic rings. The molecular formula is C33H34N6O6. The molecule has 0 spiro atoms. The van der Waals surface area contributed by atoms with Gasteiger partial charge in [-0.1, -0.05) is 61.0 Å². The van der Waals surface area contributed by atoms with Crippen molar-refractivity contribution in [3.63, 3.8) is 0 Å². The summed E-state index contributed by atoms with van der Waals surface area (Å²) in [6.45, 7) is 4.23. The first-order chi connectivity index (χ1) is 21.9. The summed E-state index contributed by atoms with van der Waals surface area (Å²) in [4.78, 5) is 42.9. The van der Waals surface area contributed by atoms with Crippen molar-refractivity contribution in [1.29, 1.82) is 0 Å². The van der Waals surface area contributed by atoms with Gasteiger partial charge in [0.25, 0.3) is 0 Å². The summed E-state index contributed by atoms with van der Waals surface area (Å²) >= 11 is 0. The molecule has 0 amide bonds. The lowest BCUT2D eigenvalue weighted by atomic mass is 9.98. The van der Waals surface area contributed by atoms with Gasteiger partial charge in [-0.05, 0) is 66.6 Å². The molecule has 1 fully saturated rings. The number of carbonyl (C=O) groups excluding carboxylic acids is 2. The summed E-state index contributed by atoms with van der Waals surface area (Å²) in [6.07, 6.45) is 2.51. The standard InChI is InChI=1S/C33H34N6O6/c1-3-39-36-30(35-37-39)26-13-8-7-12-25(26)23-18-16-22(17-19-23)20-38-29-27(14-9-15-28(29)34-32(38)41)31(40)43-21(2)44-33(42)45-24-10-5-4-6-11-24/h7-9,12-19,21,24H,3-6,10-11,20H2,1-2H3,(H,34,41). The molecule has 3 aromatic carbocycles. The predicted octanol–water partition coefficient (Wildman–Crippen LogP) is 5.71. The lowest BCUT2D eigenvalue weighted by Crippen LogP contribution is -2.27. The number of carbonyl (C=O) groups is 2. The van der Waals surface area contributed by atoms with Crippen LogP contribution >= 0.6 is 0 Å². The molecular weight excluding hydrogens is 576 g/mol. The average Bonchev–Trinajstić information content (AvgIpc) is 3.66. The first-order valence-electron chi connectivity index (χ1n) is 15.2. The quantitative estimate of drug-likeness (QED) is 0.164. The second kappa shape index (κ2) is 13.2. The SMILES string of the molecule is CCn1nnc(-c2ccccc2-c2ccc(Cn3c(=O)[nH]c4cccc(C(=O)OC(C)OC(=O)OC5CCCCC5)c43)cc2)n1. The molecule has 0 saturated heterocycles. The van der Waals surface area contributed by atoms with Crippen molar-refractivity contribution < 1.29 is 23.8 Å². The van der Waals surface area contributed by atoms with Crippen LogP contribution in [-0.4, -0.2) is 54.3 Å². The van der Waals surface area contributed by atoms with Crippen LogP contribution < -0.4 is 5.69 Å². The van der Waals surface area contributed by atoms with E-state index in [4.69, 9.17) is 14.2 Å². The van der Waals surface area contributed by atoms with Crippen molar-refractivity contribution in [2.75, 3.05) is 0 Å². The maximum absolute atomic E-state index is 13.2. The normalized spacial score (nSPS) is 14.3. The highest BCUT2D eigenvalue weighted by Gasteiger charge is 2.24. The number of benzene rings is 3. The van der Waals surface area contributed by atoms with Crippen molar-refractivity contribution in [2.24, 2.45) is 0 Å². The number of ether oxygens (including phenoxy) is 3. The number of rotatable bonds is 9. The van der Waals surface area contributed by atoms with Gasteiger partial charge in [0.1, 0.15) is 6.10 Å². The average molecular weight is 611 g/mol. The minimum absolute atomic E-state index is 0.167. The number of aryl methyl sites for hydroxylation is 1. The fraction of sp³-hybridized carbons (Fsp3) is 0.333. The molecule has 0 bridgehead atoms. The molecule has 2 heterocycles. The highest BCUT2D eigenvalue weighted by Crippen LogP contribution is 2.30. The number of nitrogens with one attached hydrogen (secondary N) is 1. The van der Waals surface area contributed by atoms with Gasteiger partial charge < -0.3 is 19.2 Å². The number of esters is 1. The number of imidazole rings is 1. The molecule has 1 N–H and O–H groups in total. The zero-order valence-corrected chi connectivity index (χ0v) is 25.1. The molecule has 1 aliphatic carbocycles. The summed E-state index contributed by atoms with van der Waals surface area (Å²) in [5.41, 5.74) is 4.29. The van der Waals surface area contributed by atoms with Gasteiger partial charge in [0.05, 0.1) is 29.7 Å². The van der Waals surface area contributed by atoms with Gasteiger partial charge >= 0.3 is 17.8 Å². The molecule has 232 valence electrons. The van der Waals surface area contributed by atoms with Crippen LogP contribution in [0.1, 0.15) is 61.9 Å². The molecule has 0 aliphatic heterocycles. The van der Waals surface area contributed by atoms with Crippen LogP contribution in [0.2, 0.25) is 0 Å². The molecule has 2 aromatic heterocycles. The van der Waals surface area contributed by atoms with Crippen LogP contribution in [-0.2, 0) is 27.3 Å². The summed E-state index contributed by atoms with van der Waals surface area (Å²) in [7, 11) is 0. The van der Waals surface area contributed by atoms with Crippen LogP contribution in [0.5, 0.6) is 0 Å². The van der Waals surface area contributed by atoms with Gasteiger partial charge in [-0.3, -0.25) is 4.57 Å². The maximum atomic E-state index is 13.2. The van der Waals surface area contributed by atoms with E-state index in [1.54, 1.807) is 18.2 Å². The largest absolute Gasteiger partial charge is 0.511 e. The predicted molar refractivity (Wildman–Crippen MR) is 165 cm³/mol. The van der Waals surface area contributed by atoms with Crippen molar-refractivity contribution in [2.45, 2.75) is 71.4 Å². The number of hydrogen-bond acceptors (Lipinski definition) is 9. The molecule has 1 saturated carbocycles. The fourth-order valence-electron chi connectivity index (χ4n) is 5.64. The molecule has 1 unspecified atom stereocenters. The number of hydrogen-bond donors (Lipinski definition) is 1. The minimum atomic E-state index is -1.18. The summed E-state index contributed by atoms with van der Waals surface area (Å²) < 4.78 is 17.5. The summed E-state index contributed by atoms with van der Waals surface area (Å²) in [6, 6.07) is 20.6. The smallest absolute Gasteiger partial charge is 0.431 e. The second-order valence-electron chi connectivity index (χ2n) is 11.0. The van der Waals surface area contributed by atoms with Crippen LogP contribution in [0.15, 0.2) is 71.5 Å². The monoisotopic (exact) mass is 610 g/mol. The van der Waals surface area contributed by atoms with Gasteiger partial charge in [-0.15, -0.1) is 10.2 Å². The molecule has 12 heteroatoms. The number of nitrogens with zero attached hydrogens (tertiary/aromatic N) is 5. The molecule has 0 radical (unpaired) electrons. The van der Waals surface area contributed by atoms with Gasteiger partial charge in [0, 0.05) is 12.5 Å². The maximum Gasteiger partial charge on any atom is 0.511 e. The number of H-pyrrole nitrogens is 1. The Morgan fingerprint density at radius 3 is 2.44 bits per heavy atom. The van der Waals surface area contributed by atoms with E-state index in [1.165, 1.54) is 16.3 Å². The fourth-order valence-corrected chi connectivity index (χ4v) is 5.64.